The van der Waals surface area contributed by atoms with Crippen molar-refractivity contribution in [1.82, 2.24) is 10.9 Å². The normalized spacial score (nSPS) is 14.7. The summed E-state index contributed by atoms with van der Waals surface area (Å²) in [5.41, 5.74) is 3.11. The molecule has 0 aromatic rings. The van der Waals surface area contributed by atoms with Gasteiger partial charge in [-0.1, -0.05) is 0 Å². The Bertz CT molecular complexity index is 164. The molecule has 0 saturated heterocycles. The summed E-state index contributed by atoms with van der Waals surface area (Å²) in [6, 6.07) is 0. The molecule has 0 aromatic carbocycles. The summed E-state index contributed by atoms with van der Waals surface area (Å²) in [6.45, 7) is 0. The third-order valence-corrected chi connectivity index (χ3v) is 1.12. The minimum atomic E-state index is -1.93. The van der Waals surface area contributed by atoms with E-state index < -0.39 is 24.0 Å². The molecule has 0 fully saturated rings. The number of aliphatic hydroxyl groups excluding tert-OH is 2. The zero-order valence-corrected chi connectivity index (χ0v) is 6.02. The summed E-state index contributed by atoms with van der Waals surface area (Å²) in [6.07, 6.45) is -3.86. The Morgan fingerprint density at radius 2 is 1.25 bits per heavy atom. The lowest BCUT2D eigenvalue weighted by atomic mass is 10.2. The number of amides is 2. The maximum Gasteiger partial charge on any atom is 0.265 e. The Morgan fingerprint density at radius 3 is 1.42 bits per heavy atom. The molecule has 12 heavy (non-hydrogen) atoms. The van der Waals surface area contributed by atoms with Crippen LogP contribution in [0.15, 0.2) is 0 Å². The van der Waals surface area contributed by atoms with E-state index in [0.717, 1.165) is 0 Å². The van der Waals surface area contributed by atoms with Crippen LogP contribution < -0.4 is 22.5 Å². The fraction of sp³-hybridized carbons (Fsp3) is 0.500. The minimum absolute atomic E-state index is 1.08. The van der Waals surface area contributed by atoms with Crippen LogP contribution in [0.3, 0.4) is 0 Å². The van der Waals surface area contributed by atoms with E-state index in [1.54, 1.807) is 10.9 Å². The molecule has 0 aromatic heterocycles. The van der Waals surface area contributed by atoms with Crippen LogP contribution in [-0.4, -0.2) is 34.2 Å². The fourth-order valence-corrected chi connectivity index (χ4v) is 0.458. The van der Waals surface area contributed by atoms with Gasteiger partial charge in [-0.3, -0.25) is 20.4 Å². The second kappa shape index (κ2) is 4.62. The van der Waals surface area contributed by atoms with Crippen molar-refractivity contribution in [3.8, 4) is 0 Å². The van der Waals surface area contributed by atoms with Crippen LogP contribution in [0.5, 0.6) is 0 Å². The molecule has 8 nitrogen and oxygen atoms in total. The van der Waals surface area contributed by atoms with Gasteiger partial charge in [0.05, 0.1) is 0 Å². The van der Waals surface area contributed by atoms with E-state index in [9.17, 15) is 9.59 Å². The first kappa shape index (κ1) is 10.8. The van der Waals surface area contributed by atoms with Crippen LogP contribution >= 0.6 is 0 Å². The van der Waals surface area contributed by atoms with Gasteiger partial charge in [-0.15, -0.1) is 0 Å². The number of hydrogen-bond donors (Lipinski definition) is 6. The predicted octanol–water partition coefficient (Wildman–Crippen LogP) is -4.31. The van der Waals surface area contributed by atoms with Gasteiger partial charge in [0, 0.05) is 0 Å². The maximum atomic E-state index is 10.5. The lowest BCUT2D eigenvalue weighted by molar-refractivity contribution is -0.146. The highest BCUT2D eigenvalue weighted by atomic mass is 16.3. The fourth-order valence-electron chi connectivity index (χ4n) is 0.458. The molecule has 0 aliphatic rings. The van der Waals surface area contributed by atoms with Crippen molar-refractivity contribution in [2.45, 2.75) is 12.2 Å². The number of nitrogens with one attached hydrogen (secondary N) is 2. The summed E-state index contributed by atoms with van der Waals surface area (Å²) in [4.78, 5) is 21.0. The van der Waals surface area contributed by atoms with E-state index >= 15 is 0 Å². The molecule has 70 valence electrons. The van der Waals surface area contributed by atoms with Gasteiger partial charge in [0.2, 0.25) is 0 Å². The molecule has 0 radical (unpaired) electrons. The lowest BCUT2D eigenvalue weighted by Crippen LogP contribution is -2.52. The van der Waals surface area contributed by atoms with Gasteiger partial charge in [0.25, 0.3) is 11.8 Å². The van der Waals surface area contributed by atoms with E-state index in [4.69, 9.17) is 10.2 Å². The lowest BCUT2D eigenvalue weighted by Gasteiger charge is -2.13. The van der Waals surface area contributed by atoms with Crippen molar-refractivity contribution in [2.24, 2.45) is 11.7 Å². The van der Waals surface area contributed by atoms with Gasteiger partial charge in [-0.25, -0.2) is 11.7 Å². The van der Waals surface area contributed by atoms with Crippen molar-refractivity contribution >= 4 is 11.8 Å². The molecule has 8 N–H and O–H groups in total. The monoisotopic (exact) mass is 178 g/mol. The van der Waals surface area contributed by atoms with Crippen molar-refractivity contribution in [2.75, 3.05) is 0 Å². The van der Waals surface area contributed by atoms with Crippen LogP contribution in [0, 0.1) is 0 Å². The van der Waals surface area contributed by atoms with Gasteiger partial charge in [-0.2, -0.15) is 0 Å². The summed E-state index contributed by atoms with van der Waals surface area (Å²) in [5, 5.41) is 17.7. The molecule has 0 unspecified atom stereocenters. The number of carbonyl (C=O) groups excluding carboxylic acids is 2. The SMILES string of the molecule is NNC(=O)[C@@H](O)[C@H](O)C(=O)NN. The van der Waals surface area contributed by atoms with Crippen LogP contribution in [0.4, 0.5) is 0 Å². The van der Waals surface area contributed by atoms with Crippen molar-refractivity contribution in [1.29, 1.82) is 0 Å². The third kappa shape index (κ3) is 2.43. The molecule has 0 rings (SSSR count). The Labute approximate surface area is 67.5 Å². The van der Waals surface area contributed by atoms with Gasteiger partial charge in [0.1, 0.15) is 0 Å². The van der Waals surface area contributed by atoms with Crippen molar-refractivity contribution in [3.63, 3.8) is 0 Å². The highest BCUT2D eigenvalue weighted by Crippen LogP contribution is 1.92. The van der Waals surface area contributed by atoms with Crippen LogP contribution in [-0.2, 0) is 9.59 Å². The topological polar surface area (TPSA) is 151 Å². The van der Waals surface area contributed by atoms with E-state index in [2.05, 4.69) is 11.7 Å². The van der Waals surface area contributed by atoms with E-state index in [0.29, 0.717) is 0 Å². The number of nitrogens with two attached hydrogens (primary N) is 2. The molecule has 0 saturated carbocycles. The molecule has 0 aliphatic heterocycles. The molecule has 0 heterocycles. The zero-order valence-electron chi connectivity index (χ0n) is 6.02. The van der Waals surface area contributed by atoms with E-state index in [1.165, 1.54) is 0 Å². The Hall–Kier alpha value is -1.22. The number of hydrogen-bond acceptors (Lipinski definition) is 6. The quantitative estimate of drug-likeness (QED) is 0.146. The number of rotatable bonds is 3. The number of aliphatic hydroxyl groups is 2. The first-order valence-corrected chi connectivity index (χ1v) is 2.91. The van der Waals surface area contributed by atoms with Gasteiger partial charge in [0.15, 0.2) is 12.2 Å². The van der Waals surface area contributed by atoms with Crippen LogP contribution in [0.2, 0.25) is 0 Å². The van der Waals surface area contributed by atoms with Crippen LogP contribution in [0.25, 0.3) is 0 Å². The highest BCUT2D eigenvalue weighted by molar-refractivity contribution is 5.90. The first-order chi connectivity index (χ1) is 5.54. The van der Waals surface area contributed by atoms with Crippen molar-refractivity contribution < 1.29 is 19.8 Å². The maximum absolute atomic E-state index is 10.5. The Balaban J connectivity index is 4.18. The minimum Gasteiger partial charge on any atom is -0.380 e. The third-order valence-electron chi connectivity index (χ3n) is 1.12. The van der Waals surface area contributed by atoms with Gasteiger partial charge >= 0.3 is 0 Å². The number of carbonyl (C=O) groups is 2. The highest BCUT2D eigenvalue weighted by Gasteiger charge is 2.29. The Kier molecular flexibility index (Phi) is 4.15. The molecular weight excluding hydrogens is 168 g/mol. The molecule has 0 aliphatic carbocycles. The molecule has 2 atom stereocenters. The number of hydrazine groups is 2. The zero-order chi connectivity index (χ0) is 9.72. The molecule has 0 bridgehead atoms. The average molecular weight is 178 g/mol. The summed E-state index contributed by atoms with van der Waals surface area (Å²) < 4.78 is 0. The molecular formula is C4H10N4O4. The second-order valence-electron chi connectivity index (χ2n) is 1.91. The van der Waals surface area contributed by atoms with Gasteiger partial charge in [-0.05, 0) is 0 Å². The van der Waals surface area contributed by atoms with Crippen LogP contribution in [0.1, 0.15) is 0 Å². The summed E-state index contributed by atoms with van der Waals surface area (Å²) >= 11 is 0. The summed E-state index contributed by atoms with van der Waals surface area (Å²) in [5.74, 6) is 7.08. The largest absolute Gasteiger partial charge is 0.380 e. The second-order valence-corrected chi connectivity index (χ2v) is 1.91. The Morgan fingerprint density at radius 1 is 1.00 bits per heavy atom. The smallest absolute Gasteiger partial charge is 0.265 e. The summed E-state index contributed by atoms with van der Waals surface area (Å²) in [7, 11) is 0. The van der Waals surface area contributed by atoms with Crippen molar-refractivity contribution in [3.05, 3.63) is 0 Å². The molecule has 8 heteroatoms. The van der Waals surface area contributed by atoms with Gasteiger partial charge < -0.3 is 10.2 Å². The van der Waals surface area contributed by atoms with E-state index in [1.807, 2.05) is 0 Å². The standard InChI is InChI=1S/C4H10N4O4/c5-7-3(11)1(9)2(10)4(12)8-6/h1-2,9-10H,5-6H2,(H,7,11)(H,8,12)/t1-,2-/m0/s1. The average Bonchev–Trinajstić information content (AvgIpc) is 2.12. The first-order valence-electron chi connectivity index (χ1n) is 2.91. The molecule has 2 amide bonds. The molecule has 0 spiro atoms. The predicted molar refractivity (Wildman–Crippen MR) is 36.7 cm³/mol. The van der Waals surface area contributed by atoms with E-state index in [-0.39, 0.29) is 0 Å².